The second-order valence-electron chi connectivity index (χ2n) is 3.66. The van der Waals surface area contributed by atoms with Crippen molar-refractivity contribution in [2.45, 2.75) is 6.54 Å². The maximum absolute atomic E-state index is 10.9. The quantitative estimate of drug-likeness (QED) is 0.766. The van der Waals surface area contributed by atoms with E-state index in [-0.39, 0.29) is 6.54 Å². The normalized spacial score (nSPS) is 9.78. The number of nitriles is 1. The summed E-state index contributed by atoms with van der Waals surface area (Å²) in [5, 5.41) is 12.6. The first-order chi connectivity index (χ1) is 8.78. The Hall–Kier alpha value is -2.61. The number of aromatic nitrogens is 2. The average Bonchev–Trinajstić information content (AvgIpc) is 2.87. The highest BCUT2D eigenvalue weighted by Crippen LogP contribution is 2.25. The number of ether oxygens (including phenoxy) is 1. The van der Waals surface area contributed by atoms with Gasteiger partial charge in [-0.2, -0.15) is 10.4 Å². The van der Waals surface area contributed by atoms with Crippen molar-refractivity contribution in [3.63, 3.8) is 0 Å². The van der Waals surface area contributed by atoms with Crippen LogP contribution in [0.25, 0.3) is 11.1 Å². The Morgan fingerprint density at radius 1 is 1.50 bits per heavy atom. The first kappa shape index (κ1) is 11.9. The van der Waals surface area contributed by atoms with E-state index < -0.39 is 0 Å². The van der Waals surface area contributed by atoms with Gasteiger partial charge in [-0.1, -0.05) is 6.07 Å². The summed E-state index contributed by atoms with van der Waals surface area (Å²) in [4.78, 5) is 10.9. The number of hydrogen-bond donors (Lipinski definition) is 0. The molecule has 0 aliphatic heterocycles. The van der Waals surface area contributed by atoms with E-state index in [2.05, 4.69) is 5.10 Å². The van der Waals surface area contributed by atoms with Gasteiger partial charge in [0.1, 0.15) is 12.3 Å². The highest BCUT2D eigenvalue weighted by atomic mass is 16.5. The molecule has 0 bridgehead atoms. The first-order valence-corrected chi connectivity index (χ1v) is 5.31. The molecule has 18 heavy (non-hydrogen) atoms. The predicted octanol–water partition coefficient (Wildman–Crippen LogP) is 1.89. The van der Waals surface area contributed by atoms with E-state index in [9.17, 15) is 4.79 Å². The number of benzene rings is 1. The van der Waals surface area contributed by atoms with Crippen molar-refractivity contribution in [3.8, 4) is 22.9 Å². The van der Waals surface area contributed by atoms with Crippen LogP contribution >= 0.6 is 0 Å². The number of rotatable bonds is 4. The molecule has 0 aliphatic carbocycles. The van der Waals surface area contributed by atoms with E-state index in [0.717, 1.165) is 17.4 Å². The monoisotopic (exact) mass is 241 g/mol. The molecule has 0 amide bonds. The summed E-state index contributed by atoms with van der Waals surface area (Å²) >= 11 is 0. The second kappa shape index (κ2) is 5.15. The number of nitrogens with zero attached hydrogens (tertiary/aromatic N) is 3. The topological polar surface area (TPSA) is 67.9 Å². The Morgan fingerprint density at radius 2 is 2.33 bits per heavy atom. The van der Waals surface area contributed by atoms with Crippen molar-refractivity contribution < 1.29 is 9.53 Å². The fourth-order valence-corrected chi connectivity index (χ4v) is 1.68. The van der Waals surface area contributed by atoms with Crippen LogP contribution < -0.4 is 4.74 Å². The summed E-state index contributed by atoms with van der Waals surface area (Å²) in [7, 11) is 1.52. The van der Waals surface area contributed by atoms with Gasteiger partial charge in [0, 0.05) is 11.8 Å². The lowest BCUT2D eigenvalue weighted by Gasteiger charge is -2.04. The maximum atomic E-state index is 10.9. The standard InChI is InChI=1S/C13H11N3O2/c1-18-13-3-2-10(6-11(13)9-17)12-7-15-16(8-12)5-4-14/h2-3,6-9H,5H2,1H3. The molecular formula is C13H11N3O2. The molecular weight excluding hydrogens is 230 g/mol. The molecule has 0 saturated carbocycles. The highest BCUT2D eigenvalue weighted by Gasteiger charge is 2.06. The van der Waals surface area contributed by atoms with Crippen LogP contribution in [-0.2, 0) is 6.54 Å². The van der Waals surface area contributed by atoms with Gasteiger partial charge in [0.2, 0.25) is 0 Å². The maximum Gasteiger partial charge on any atom is 0.153 e. The van der Waals surface area contributed by atoms with Crippen LogP contribution in [-0.4, -0.2) is 23.2 Å². The Morgan fingerprint density at radius 3 is 3.00 bits per heavy atom. The van der Waals surface area contributed by atoms with E-state index in [1.165, 1.54) is 7.11 Å². The lowest BCUT2D eigenvalue weighted by Crippen LogP contribution is -1.94. The molecule has 0 unspecified atom stereocenters. The lowest BCUT2D eigenvalue weighted by atomic mass is 10.1. The minimum absolute atomic E-state index is 0.205. The van der Waals surface area contributed by atoms with Crippen molar-refractivity contribution in [1.82, 2.24) is 9.78 Å². The van der Waals surface area contributed by atoms with E-state index in [4.69, 9.17) is 10.00 Å². The minimum Gasteiger partial charge on any atom is -0.496 e. The van der Waals surface area contributed by atoms with Gasteiger partial charge < -0.3 is 4.74 Å². The zero-order valence-corrected chi connectivity index (χ0v) is 9.83. The van der Waals surface area contributed by atoms with Crippen LogP contribution in [0.1, 0.15) is 10.4 Å². The summed E-state index contributed by atoms with van der Waals surface area (Å²) < 4.78 is 6.62. The molecule has 0 radical (unpaired) electrons. The molecule has 1 heterocycles. The molecule has 0 aliphatic rings. The SMILES string of the molecule is COc1ccc(-c2cnn(CC#N)c2)cc1C=O. The fourth-order valence-electron chi connectivity index (χ4n) is 1.68. The van der Waals surface area contributed by atoms with Crippen molar-refractivity contribution in [2.75, 3.05) is 7.11 Å². The Balaban J connectivity index is 2.38. The smallest absolute Gasteiger partial charge is 0.153 e. The number of methoxy groups -OCH3 is 1. The van der Waals surface area contributed by atoms with Gasteiger partial charge in [-0.15, -0.1) is 0 Å². The number of hydrogen-bond acceptors (Lipinski definition) is 4. The Kier molecular flexibility index (Phi) is 3.39. The van der Waals surface area contributed by atoms with Crippen LogP contribution in [0, 0.1) is 11.3 Å². The molecule has 0 atom stereocenters. The molecule has 5 nitrogen and oxygen atoms in total. The molecule has 1 aromatic heterocycles. The zero-order chi connectivity index (χ0) is 13.0. The zero-order valence-electron chi connectivity index (χ0n) is 9.83. The summed E-state index contributed by atoms with van der Waals surface area (Å²) in [6.07, 6.45) is 4.18. The van der Waals surface area contributed by atoms with Crippen LogP contribution in [0.5, 0.6) is 5.75 Å². The lowest BCUT2D eigenvalue weighted by molar-refractivity contribution is 0.112. The molecule has 0 fully saturated rings. The minimum atomic E-state index is 0.205. The third kappa shape index (κ3) is 2.23. The van der Waals surface area contributed by atoms with Gasteiger partial charge in [-0.05, 0) is 17.7 Å². The van der Waals surface area contributed by atoms with E-state index in [1.54, 1.807) is 29.2 Å². The molecule has 0 N–H and O–H groups in total. The van der Waals surface area contributed by atoms with E-state index in [1.807, 2.05) is 12.1 Å². The second-order valence-corrected chi connectivity index (χ2v) is 3.66. The van der Waals surface area contributed by atoms with Crippen molar-refractivity contribution in [1.29, 1.82) is 5.26 Å². The summed E-state index contributed by atoms with van der Waals surface area (Å²) in [6.45, 7) is 0.205. The number of aldehydes is 1. The van der Waals surface area contributed by atoms with E-state index in [0.29, 0.717) is 11.3 Å². The van der Waals surface area contributed by atoms with Crippen molar-refractivity contribution in [2.24, 2.45) is 0 Å². The molecule has 2 aromatic rings. The van der Waals surface area contributed by atoms with Crippen LogP contribution in [0.15, 0.2) is 30.6 Å². The average molecular weight is 241 g/mol. The molecule has 0 spiro atoms. The van der Waals surface area contributed by atoms with Crippen molar-refractivity contribution >= 4 is 6.29 Å². The third-order valence-corrected chi connectivity index (χ3v) is 2.56. The Bertz CT molecular complexity index is 611. The van der Waals surface area contributed by atoms with Gasteiger partial charge in [0.05, 0.1) is 24.9 Å². The third-order valence-electron chi connectivity index (χ3n) is 2.56. The van der Waals surface area contributed by atoms with Gasteiger partial charge in [-0.25, -0.2) is 0 Å². The summed E-state index contributed by atoms with van der Waals surface area (Å²) in [5.41, 5.74) is 2.21. The molecule has 90 valence electrons. The largest absolute Gasteiger partial charge is 0.496 e. The van der Waals surface area contributed by atoms with Crippen LogP contribution in [0.4, 0.5) is 0 Å². The number of carbonyl (C=O) groups is 1. The summed E-state index contributed by atoms with van der Waals surface area (Å²) in [6, 6.07) is 7.33. The van der Waals surface area contributed by atoms with Gasteiger partial charge in [0.25, 0.3) is 0 Å². The highest BCUT2D eigenvalue weighted by molar-refractivity contribution is 5.82. The van der Waals surface area contributed by atoms with E-state index >= 15 is 0 Å². The summed E-state index contributed by atoms with van der Waals surface area (Å²) in [5.74, 6) is 0.540. The van der Waals surface area contributed by atoms with Gasteiger partial charge in [0.15, 0.2) is 6.29 Å². The number of carbonyl (C=O) groups excluding carboxylic acids is 1. The van der Waals surface area contributed by atoms with Crippen LogP contribution in [0.3, 0.4) is 0 Å². The molecule has 0 saturated heterocycles. The molecule has 2 rings (SSSR count). The first-order valence-electron chi connectivity index (χ1n) is 5.31. The molecule has 1 aromatic carbocycles. The van der Waals surface area contributed by atoms with Crippen molar-refractivity contribution in [3.05, 3.63) is 36.2 Å². The predicted molar refractivity (Wildman–Crippen MR) is 65.2 cm³/mol. The van der Waals surface area contributed by atoms with Gasteiger partial charge in [-0.3, -0.25) is 9.48 Å². The molecule has 5 heteroatoms. The fraction of sp³-hybridized carbons (Fsp3) is 0.154. The van der Waals surface area contributed by atoms with Gasteiger partial charge >= 0.3 is 0 Å². The van der Waals surface area contributed by atoms with Crippen LogP contribution in [0.2, 0.25) is 0 Å². The Labute approximate surface area is 104 Å².